The molecule has 0 saturated heterocycles. The van der Waals surface area contributed by atoms with E-state index in [9.17, 15) is 13.2 Å². The maximum absolute atomic E-state index is 13.1. The van der Waals surface area contributed by atoms with Crippen LogP contribution in [0.2, 0.25) is 0 Å². The zero-order valence-electron chi connectivity index (χ0n) is 16.5. The number of sulfonamides is 1. The SMILES string of the molecule is O=C(Nc1nc(-c2ccc(Br)s2)cs1)c1ccc(S(=O)(=O)N2CCc3ccccc32)cc1. The fourth-order valence-electron chi connectivity index (χ4n) is 3.53. The normalized spacial score (nSPS) is 13.2. The van der Waals surface area contributed by atoms with Gasteiger partial charge in [0, 0.05) is 17.5 Å². The molecule has 0 radical (unpaired) electrons. The van der Waals surface area contributed by atoms with Crippen LogP contribution < -0.4 is 9.62 Å². The van der Waals surface area contributed by atoms with Crippen molar-refractivity contribution in [1.29, 1.82) is 0 Å². The van der Waals surface area contributed by atoms with E-state index in [1.807, 2.05) is 41.8 Å². The number of aromatic nitrogens is 1. The van der Waals surface area contributed by atoms with E-state index in [2.05, 4.69) is 26.2 Å². The standard InChI is InChI=1S/C22H16BrN3O3S3/c23-20-10-9-19(31-20)17-13-30-22(24-17)25-21(27)15-5-7-16(8-6-15)32(28,29)26-12-11-14-3-1-2-4-18(14)26/h1-10,13H,11-12H2,(H,24,25,27). The minimum Gasteiger partial charge on any atom is -0.298 e. The van der Waals surface area contributed by atoms with Gasteiger partial charge in [-0.15, -0.1) is 22.7 Å². The lowest BCUT2D eigenvalue weighted by Gasteiger charge is -2.19. The van der Waals surface area contributed by atoms with Gasteiger partial charge in [-0.1, -0.05) is 18.2 Å². The summed E-state index contributed by atoms with van der Waals surface area (Å²) in [6.07, 6.45) is 0.689. The fraction of sp³-hybridized carbons (Fsp3) is 0.0909. The monoisotopic (exact) mass is 545 g/mol. The number of rotatable bonds is 5. The third-order valence-corrected chi connectivity index (χ3v) is 9.33. The van der Waals surface area contributed by atoms with Crippen LogP contribution in [0.4, 0.5) is 10.8 Å². The third kappa shape index (κ3) is 3.99. The molecule has 2 aromatic heterocycles. The highest BCUT2D eigenvalue weighted by Gasteiger charge is 2.30. The van der Waals surface area contributed by atoms with E-state index in [-0.39, 0.29) is 10.8 Å². The first-order chi connectivity index (χ1) is 15.4. The summed E-state index contributed by atoms with van der Waals surface area (Å²) in [5.74, 6) is -0.339. The second kappa shape index (κ2) is 8.43. The first kappa shape index (κ1) is 21.3. The highest BCUT2D eigenvalue weighted by atomic mass is 79.9. The minimum atomic E-state index is -3.69. The molecule has 0 spiro atoms. The van der Waals surface area contributed by atoms with Gasteiger partial charge >= 0.3 is 0 Å². The summed E-state index contributed by atoms with van der Waals surface area (Å²) < 4.78 is 28.7. The van der Waals surface area contributed by atoms with E-state index in [0.717, 1.165) is 19.9 Å². The largest absolute Gasteiger partial charge is 0.298 e. The summed E-state index contributed by atoms with van der Waals surface area (Å²) in [4.78, 5) is 18.3. The van der Waals surface area contributed by atoms with E-state index in [1.54, 1.807) is 11.3 Å². The van der Waals surface area contributed by atoms with Crippen molar-refractivity contribution in [3.63, 3.8) is 0 Å². The number of halogens is 1. The Labute approximate surface area is 201 Å². The van der Waals surface area contributed by atoms with Crippen LogP contribution in [-0.2, 0) is 16.4 Å². The van der Waals surface area contributed by atoms with Gasteiger partial charge in [0.15, 0.2) is 5.13 Å². The molecule has 6 nitrogen and oxygen atoms in total. The summed E-state index contributed by atoms with van der Waals surface area (Å²) in [5, 5.41) is 5.16. The second-order valence-electron chi connectivity index (χ2n) is 7.08. The number of anilines is 2. The Morgan fingerprint density at radius 1 is 1.06 bits per heavy atom. The number of hydrogen-bond acceptors (Lipinski definition) is 6. The van der Waals surface area contributed by atoms with Crippen molar-refractivity contribution >= 4 is 65.4 Å². The number of hydrogen-bond donors (Lipinski definition) is 1. The Bertz CT molecular complexity index is 1410. The van der Waals surface area contributed by atoms with Crippen LogP contribution in [0.5, 0.6) is 0 Å². The molecule has 32 heavy (non-hydrogen) atoms. The highest BCUT2D eigenvalue weighted by Crippen LogP contribution is 2.34. The fourth-order valence-corrected chi connectivity index (χ4v) is 7.16. The molecular formula is C22H16BrN3O3S3. The molecule has 0 fully saturated rings. The first-order valence-corrected chi connectivity index (χ1v) is 13.6. The van der Waals surface area contributed by atoms with Gasteiger partial charge in [0.2, 0.25) is 0 Å². The molecule has 2 aromatic carbocycles. The van der Waals surface area contributed by atoms with Crippen molar-refractivity contribution < 1.29 is 13.2 Å². The predicted molar refractivity (Wildman–Crippen MR) is 132 cm³/mol. The van der Waals surface area contributed by atoms with Gasteiger partial charge in [-0.2, -0.15) is 0 Å². The van der Waals surface area contributed by atoms with Crippen LogP contribution in [-0.4, -0.2) is 25.9 Å². The predicted octanol–water partition coefficient (Wildman–Crippen LogP) is 5.64. The van der Waals surface area contributed by atoms with Gasteiger partial charge < -0.3 is 0 Å². The van der Waals surface area contributed by atoms with Crippen molar-refractivity contribution in [3.8, 4) is 10.6 Å². The smallest absolute Gasteiger partial charge is 0.264 e. The third-order valence-electron chi connectivity index (χ3n) is 5.10. The minimum absolute atomic E-state index is 0.158. The van der Waals surface area contributed by atoms with Gasteiger partial charge in [0.25, 0.3) is 15.9 Å². The van der Waals surface area contributed by atoms with Crippen molar-refractivity contribution in [2.24, 2.45) is 0 Å². The summed E-state index contributed by atoms with van der Waals surface area (Å²) in [5.41, 5.74) is 2.89. The van der Waals surface area contributed by atoms with Crippen LogP contribution in [0.1, 0.15) is 15.9 Å². The lowest BCUT2D eigenvalue weighted by molar-refractivity contribution is 0.102. The number of carbonyl (C=O) groups excluding carboxylic acids is 1. The molecule has 0 aliphatic carbocycles. The lowest BCUT2D eigenvalue weighted by atomic mass is 10.2. The number of thiophene rings is 1. The van der Waals surface area contributed by atoms with Gasteiger partial charge in [0.1, 0.15) is 0 Å². The molecule has 1 aliphatic heterocycles. The quantitative estimate of drug-likeness (QED) is 0.352. The lowest BCUT2D eigenvalue weighted by Crippen LogP contribution is -2.29. The van der Waals surface area contributed by atoms with Gasteiger partial charge in [0.05, 0.1) is 24.9 Å². The number of thiazole rings is 1. The molecule has 0 unspecified atom stereocenters. The number of amides is 1. The van der Waals surface area contributed by atoms with Crippen LogP contribution in [0.3, 0.4) is 0 Å². The van der Waals surface area contributed by atoms with E-state index in [1.165, 1.54) is 39.9 Å². The average Bonchev–Trinajstić information content (AvgIpc) is 3.53. The van der Waals surface area contributed by atoms with Crippen LogP contribution >= 0.6 is 38.6 Å². The number of carbonyl (C=O) groups is 1. The molecule has 0 saturated carbocycles. The highest BCUT2D eigenvalue weighted by molar-refractivity contribution is 9.11. The van der Waals surface area contributed by atoms with Crippen LogP contribution in [0.15, 0.2) is 74.7 Å². The maximum atomic E-state index is 13.1. The summed E-state index contributed by atoms with van der Waals surface area (Å²) >= 11 is 6.34. The Morgan fingerprint density at radius 2 is 1.84 bits per heavy atom. The average molecular weight is 546 g/mol. The molecule has 3 heterocycles. The van der Waals surface area contributed by atoms with Gasteiger partial charge in [-0.3, -0.25) is 14.4 Å². The van der Waals surface area contributed by atoms with E-state index >= 15 is 0 Å². The Morgan fingerprint density at radius 3 is 2.59 bits per heavy atom. The molecule has 1 N–H and O–H groups in total. The summed E-state index contributed by atoms with van der Waals surface area (Å²) in [6.45, 7) is 0.414. The first-order valence-electron chi connectivity index (χ1n) is 9.65. The number of fused-ring (bicyclic) bond motifs is 1. The molecule has 162 valence electrons. The Hall–Kier alpha value is -2.53. The summed E-state index contributed by atoms with van der Waals surface area (Å²) in [6, 6.07) is 17.4. The van der Waals surface area contributed by atoms with E-state index in [4.69, 9.17) is 0 Å². The maximum Gasteiger partial charge on any atom is 0.264 e. The van der Waals surface area contributed by atoms with Crippen molar-refractivity contribution in [2.75, 3.05) is 16.2 Å². The number of benzene rings is 2. The molecule has 5 rings (SSSR count). The number of nitrogens with one attached hydrogen (secondary N) is 1. The van der Waals surface area contributed by atoms with Crippen LogP contribution in [0.25, 0.3) is 10.6 Å². The van der Waals surface area contributed by atoms with E-state index < -0.39 is 10.0 Å². The van der Waals surface area contributed by atoms with Gasteiger partial charge in [-0.25, -0.2) is 13.4 Å². The number of para-hydroxylation sites is 1. The zero-order valence-corrected chi connectivity index (χ0v) is 20.5. The topological polar surface area (TPSA) is 79.4 Å². The zero-order chi connectivity index (χ0) is 22.3. The van der Waals surface area contributed by atoms with Crippen molar-refractivity contribution in [3.05, 3.63) is 81.0 Å². The van der Waals surface area contributed by atoms with Crippen molar-refractivity contribution in [1.82, 2.24) is 4.98 Å². The molecule has 1 amide bonds. The molecular weight excluding hydrogens is 530 g/mol. The van der Waals surface area contributed by atoms with Gasteiger partial charge in [-0.05, 0) is 70.4 Å². The molecule has 0 bridgehead atoms. The Balaban J connectivity index is 1.32. The Kier molecular flexibility index (Phi) is 5.62. The van der Waals surface area contributed by atoms with E-state index in [0.29, 0.717) is 29.3 Å². The second-order valence-corrected chi connectivity index (χ2v) is 12.3. The molecule has 0 atom stereocenters. The van der Waals surface area contributed by atoms with Crippen molar-refractivity contribution in [2.45, 2.75) is 11.3 Å². The van der Waals surface area contributed by atoms with Crippen LogP contribution in [0, 0.1) is 0 Å². The summed E-state index contributed by atoms with van der Waals surface area (Å²) in [7, 11) is -3.69. The molecule has 1 aliphatic rings. The molecule has 10 heteroatoms. The number of nitrogens with zero attached hydrogens (tertiary/aromatic N) is 2. The molecule has 4 aromatic rings.